The van der Waals surface area contributed by atoms with Crippen LogP contribution >= 0.6 is 11.3 Å². The zero-order valence-electron chi connectivity index (χ0n) is 17.5. The molecule has 3 aromatic rings. The molecule has 160 valence electrons. The average Bonchev–Trinajstić information content (AvgIpc) is 3.34. The first-order valence-electron chi connectivity index (χ1n) is 9.89. The van der Waals surface area contributed by atoms with Crippen LogP contribution in [0, 0.1) is 6.92 Å². The molecule has 0 saturated carbocycles. The van der Waals surface area contributed by atoms with Gasteiger partial charge in [-0.25, -0.2) is 4.98 Å². The number of aromatic nitrogens is 1. The van der Waals surface area contributed by atoms with Crippen LogP contribution in [0.4, 0.5) is 10.8 Å². The Morgan fingerprint density at radius 2 is 1.84 bits per heavy atom. The molecular weight excluding hydrogens is 414 g/mol. The molecule has 0 spiro atoms. The van der Waals surface area contributed by atoms with Gasteiger partial charge < -0.3 is 14.8 Å². The zero-order valence-corrected chi connectivity index (χ0v) is 18.3. The van der Waals surface area contributed by atoms with E-state index in [-0.39, 0.29) is 17.7 Å². The minimum absolute atomic E-state index is 0.149. The molecule has 1 aromatic heterocycles. The van der Waals surface area contributed by atoms with E-state index in [9.17, 15) is 9.59 Å². The van der Waals surface area contributed by atoms with Crippen molar-refractivity contribution < 1.29 is 19.1 Å². The van der Waals surface area contributed by atoms with Gasteiger partial charge in [0, 0.05) is 16.5 Å². The molecule has 0 aliphatic heterocycles. The molecule has 0 unspecified atom stereocenters. The Morgan fingerprint density at radius 1 is 1.06 bits per heavy atom. The Hall–Kier alpha value is -3.39. The average molecular weight is 438 g/mol. The van der Waals surface area contributed by atoms with Gasteiger partial charge in [-0.1, -0.05) is 17.7 Å². The summed E-state index contributed by atoms with van der Waals surface area (Å²) < 4.78 is 10.6. The van der Waals surface area contributed by atoms with Crippen molar-refractivity contribution in [3.63, 3.8) is 0 Å². The second kappa shape index (κ2) is 8.77. The maximum atomic E-state index is 13.0. The number of carbonyl (C=O) groups is 2. The predicted octanol–water partition coefficient (Wildman–Crippen LogP) is 4.39. The van der Waals surface area contributed by atoms with Crippen LogP contribution in [-0.2, 0) is 11.2 Å². The molecular formula is C23H23N3O4S. The minimum Gasteiger partial charge on any atom is -0.497 e. The fraction of sp³-hybridized carbons (Fsp3) is 0.261. The summed E-state index contributed by atoms with van der Waals surface area (Å²) in [7, 11) is 3.12. The number of benzene rings is 2. The number of amides is 2. The fourth-order valence-corrected chi connectivity index (χ4v) is 4.57. The third kappa shape index (κ3) is 4.39. The van der Waals surface area contributed by atoms with Crippen molar-refractivity contribution in [3.05, 3.63) is 64.2 Å². The number of anilines is 2. The van der Waals surface area contributed by atoms with Crippen LogP contribution < -0.4 is 20.1 Å². The number of rotatable bonds is 6. The third-order valence-electron chi connectivity index (χ3n) is 5.23. The largest absolute Gasteiger partial charge is 0.497 e. The topological polar surface area (TPSA) is 89.6 Å². The van der Waals surface area contributed by atoms with Crippen molar-refractivity contribution in [3.8, 4) is 11.5 Å². The smallest absolute Gasteiger partial charge is 0.257 e. The van der Waals surface area contributed by atoms with Crippen LogP contribution in [0.2, 0.25) is 0 Å². The first-order chi connectivity index (χ1) is 15.0. The Kier molecular flexibility index (Phi) is 5.90. The molecule has 0 fully saturated rings. The van der Waals surface area contributed by atoms with Crippen LogP contribution in [0.1, 0.15) is 38.8 Å². The Balaban J connectivity index is 1.47. The molecule has 8 heteroatoms. The van der Waals surface area contributed by atoms with Gasteiger partial charge in [0.1, 0.15) is 11.5 Å². The number of carbonyl (C=O) groups excluding carboxylic acids is 2. The lowest BCUT2D eigenvalue weighted by atomic mass is 10.1. The van der Waals surface area contributed by atoms with E-state index in [1.807, 2.05) is 19.1 Å². The second-order valence-electron chi connectivity index (χ2n) is 7.29. The molecule has 1 aliphatic rings. The van der Waals surface area contributed by atoms with Crippen molar-refractivity contribution in [2.75, 3.05) is 24.9 Å². The van der Waals surface area contributed by atoms with Crippen molar-refractivity contribution in [1.82, 2.24) is 4.98 Å². The predicted molar refractivity (Wildman–Crippen MR) is 120 cm³/mol. The monoisotopic (exact) mass is 437 g/mol. The van der Waals surface area contributed by atoms with Gasteiger partial charge in [0.15, 0.2) is 5.13 Å². The van der Waals surface area contributed by atoms with Gasteiger partial charge in [0.05, 0.1) is 31.5 Å². The van der Waals surface area contributed by atoms with Crippen LogP contribution in [0.25, 0.3) is 0 Å². The number of ether oxygens (including phenoxy) is 2. The summed E-state index contributed by atoms with van der Waals surface area (Å²) in [4.78, 5) is 31.0. The number of hydrogen-bond acceptors (Lipinski definition) is 6. The van der Waals surface area contributed by atoms with E-state index in [0.29, 0.717) is 34.3 Å². The summed E-state index contributed by atoms with van der Waals surface area (Å²) in [5, 5.41) is 6.29. The number of methoxy groups -OCH3 is 2. The van der Waals surface area contributed by atoms with Crippen LogP contribution in [0.3, 0.4) is 0 Å². The van der Waals surface area contributed by atoms with Crippen LogP contribution in [0.15, 0.2) is 42.5 Å². The standard InChI is InChI=1S/C23H23N3O4S/c1-13-4-6-14(7-5-13)21(27)26-23-25-20-16(9-11-19(20)31-23)22(28)24-17-10-8-15(29-2)12-18(17)30-3/h4-8,10,12,16H,9,11H2,1-3H3,(H,24,28)(H,25,26,27)/t16-/m0/s1. The highest BCUT2D eigenvalue weighted by molar-refractivity contribution is 7.16. The maximum absolute atomic E-state index is 13.0. The van der Waals surface area contributed by atoms with Gasteiger partial charge in [-0.2, -0.15) is 0 Å². The lowest BCUT2D eigenvalue weighted by Crippen LogP contribution is -2.20. The molecule has 0 radical (unpaired) electrons. The van der Waals surface area contributed by atoms with Crippen molar-refractivity contribution in [1.29, 1.82) is 0 Å². The van der Waals surface area contributed by atoms with E-state index in [1.54, 1.807) is 44.6 Å². The third-order valence-corrected chi connectivity index (χ3v) is 6.28. The van der Waals surface area contributed by atoms with E-state index in [4.69, 9.17) is 9.47 Å². The van der Waals surface area contributed by atoms with E-state index >= 15 is 0 Å². The Bertz CT molecular complexity index is 1120. The first-order valence-corrected chi connectivity index (χ1v) is 10.7. The highest BCUT2D eigenvalue weighted by Gasteiger charge is 2.33. The van der Waals surface area contributed by atoms with Gasteiger partial charge >= 0.3 is 0 Å². The summed E-state index contributed by atoms with van der Waals surface area (Å²) in [5.41, 5.74) is 2.97. The molecule has 0 saturated heterocycles. The van der Waals surface area contributed by atoms with Gasteiger partial charge in [-0.05, 0) is 44.0 Å². The summed E-state index contributed by atoms with van der Waals surface area (Å²) in [6.07, 6.45) is 1.44. The molecule has 1 heterocycles. The van der Waals surface area contributed by atoms with Gasteiger partial charge in [0.2, 0.25) is 5.91 Å². The van der Waals surface area contributed by atoms with Gasteiger partial charge in [-0.15, -0.1) is 11.3 Å². The van der Waals surface area contributed by atoms with E-state index in [1.165, 1.54) is 11.3 Å². The van der Waals surface area contributed by atoms with Crippen molar-refractivity contribution >= 4 is 34.0 Å². The summed E-state index contributed by atoms with van der Waals surface area (Å²) in [5.74, 6) is 0.435. The molecule has 1 aliphatic carbocycles. The number of aryl methyl sites for hydroxylation is 2. The molecule has 4 rings (SSSR count). The number of nitrogens with zero attached hydrogens (tertiary/aromatic N) is 1. The Labute approximate surface area is 184 Å². The Morgan fingerprint density at radius 3 is 2.55 bits per heavy atom. The van der Waals surface area contributed by atoms with E-state index < -0.39 is 0 Å². The van der Waals surface area contributed by atoms with E-state index in [0.717, 1.165) is 22.6 Å². The van der Waals surface area contributed by atoms with Crippen molar-refractivity contribution in [2.45, 2.75) is 25.7 Å². The molecule has 7 nitrogen and oxygen atoms in total. The number of thiazole rings is 1. The molecule has 0 bridgehead atoms. The highest BCUT2D eigenvalue weighted by atomic mass is 32.1. The molecule has 1 atom stereocenters. The summed E-state index contributed by atoms with van der Waals surface area (Å²) in [6, 6.07) is 12.6. The molecule has 31 heavy (non-hydrogen) atoms. The van der Waals surface area contributed by atoms with Gasteiger partial charge in [0.25, 0.3) is 5.91 Å². The van der Waals surface area contributed by atoms with Crippen LogP contribution in [-0.4, -0.2) is 31.0 Å². The van der Waals surface area contributed by atoms with E-state index in [2.05, 4.69) is 15.6 Å². The summed E-state index contributed by atoms with van der Waals surface area (Å²) in [6.45, 7) is 1.97. The molecule has 2 amide bonds. The van der Waals surface area contributed by atoms with Crippen LogP contribution in [0.5, 0.6) is 11.5 Å². The normalized spacial score (nSPS) is 14.6. The minimum atomic E-state index is -0.372. The second-order valence-corrected chi connectivity index (χ2v) is 8.38. The SMILES string of the molecule is COc1ccc(NC(=O)[C@H]2CCc3sc(NC(=O)c4ccc(C)cc4)nc32)c(OC)c1. The number of hydrogen-bond donors (Lipinski definition) is 2. The lowest BCUT2D eigenvalue weighted by Gasteiger charge is -2.14. The molecule has 2 N–H and O–H groups in total. The molecule has 2 aromatic carbocycles. The lowest BCUT2D eigenvalue weighted by molar-refractivity contribution is -0.117. The quantitative estimate of drug-likeness (QED) is 0.597. The first kappa shape index (κ1) is 20.9. The van der Waals surface area contributed by atoms with Gasteiger partial charge in [-0.3, -0.25) is 14.9 Å². The summed E-state index contributed by atoms with van der Waals surface area (Å²) >= 11 is 1.42. The maximum Gasteiger partial charge on any atom is 0.257 e. The number of nitrogens with one attached hydrogen (secondary N) is 2. The number of fused-ring (bicyclic) bond motifs is 1. The van der Waals surface area contributed by atoms with Crippen molar-refractivity contribution in [2.24, 2.45) is 0 Å². The zero-order chi connectivity index (χ0) is 22.0. The highest BCUT2D eigenvalue weighted by Crippen LogP contribution is 2.39. The fourth-order valence-electron chi connectivity index (χ4n) is 3.53.